The molecule has 13 nitrogen and oxygen atoms in total. The lowest BCUT2D eigenvalue weighted by molar-refractivity contribution is 0.0635. The summed E-state index contributed by atoms with van der Waals surface area (Å²) in [4.78, 5) is 45.5. The van der Waals surface area contributed by atoms with Crippen molar-refractivity contribution in [2.45, 2.75) is 47.1 Å². The summed E-state index contributed by atoms with van der Waals surface area (Å²) in [7, 11) is 0. The van der Waals surface area contributed by atoms with E-state index in [1.165, 1.54) is 27.0 Å². The fourth-order valence-corrected chi connectivity index (χ4v) is 4.58. The molecule has 0 saturated carbocycles. The summed E-state index contributed by atoms with van der Waals surface area (Å²) >= 11 is 3.35. The molecule has 0 fully saturated rings. The van der Waals surface area contributed by atoms with E-state index < -0.39 is 11.7 Å². The first-order valence-electron chi connectivity index (χ1n) is 14.0. The quantitative estimate of drug-likeness (QED) is 0.202. The summed E-state index contributed by atoms with van der Waals surface area (Å²) in [5.41, 5.74) is 10.2. The molecule has 14 heteroatoms. The van der Waals surface area contributed by atoms with Gasteiger partial charge in [-0.3, -0.25) is 19.7 Å². The maximum atomic E-state index is 11.7. The van der Waals surface area contributed by atoms with Gasteiger partial charge in [0.2, 0.25) is 0 Å². The summed E-state index contributed by atoms with van der Waals surface area (Å²) in [6.45, 7) is 9.91. The van der Waals surface area contributed by atoms with Crippen LogP contribution in [0.2, 0.25) is 0 Å². The van der Waals surface area contributed by atoms with E-state index >= 15 is 0 Å². The van der Waals surface area contributed by atoms with Crippen molar-refractivity contribution < 1.29 is 23.9 Å². The summed E-state index contributed by atoms with van der Waals surface area (Å²) in [6, 6.07) is 10.6. The molecule has 6 aromatic rings. The molecule has 6 rings (SSSR count). The van der Waals surface area contributed by atoms with E-state index in [1.54, 1.807) is 83.4 Å². The summed E-state index contributed by atoms with van der Waals surface area (Å²) in [6.07, 6.45) is 9.33. The van der Waals surface area contributed by atoms with Crippen molar-refractivity contribution in [3.8, 4) is 0 Å². The lowest BCUT2D eigenvalue weighted by Crippen LogP contribution is -2.27. The summed E-state index contributed by atoms with van der Waals surface area (Å²) < 4.78 is 11.0. The fourth-order valence-electron chi connectivity index (χ4n) is 4.25. The molecule has 1 amide bonds. The van der Waals surface area contributed by atoms with E-state index in [2.05, 4.69) is 36.5 Å². The number of nitrogens with zero attached hydrogens (tertiary/aromatic N) is 6. The van der Waals surface area contributed by atoms with Crippen LogP contribution in [-0.4, -0.2) is 57.9 Å². The number of hydrogen-bond donors (Lipinski definition) is 2. The molecule has 6 aromatic heterocycles. The van der Waals surface area contributed by atoms with Crippen molar-refractivity contribution in [2.24, 2.45) is 0 Å². The summed E-state index contributed by atoms with van der Waals surface area (Å²) in [5, 5.41) is 14.8. The van der Waals surface area contributed by atoms with Gasteiger partial charge >= 0.3 is 6.09 Å². The Bertz CT molecular complexity index is 2000. The van der Waals surface area contributed by atoms with Crippen molar-refractivity contribution in [2.75, 3.05) is 11.1 Å². The predicted molar refractivity (Wildman–Crippen MR) is 178 cm³/mol. The standard InChI is InChI=1S/C14H17N3O3.C9H7BrN2O.C9H9N3O/c1-9(18)11-8-15-17-6-5-10(7-12(11)17)16-13(19)20-14(2,3)4;2*1-6(13)8-5-11-12-3-2-7(10)4-9(8)12/h5-8H,1-4H3,(H,16,19);2-5H,1H3;2-5H,10H2,1H3. The second kappa shape index (κ2) is 13.7. The van der Waals surface area contributed by atoms with Gasteiger partial charge in [0.15, 0.2) is 17.3 Å². The maximum Gasteiger partial charge on any atom is 0.412 e. The van der Waals surface area contributed by atoms with Crippen LogP contribution >= 0.6 is 15.9 Å². The number of carbonyl (C=O) groups is 4. The topological polar surface area (TPSA) is 167 Å². The van der Waals surface area contributed by atoms with Gasteiger partial charge in [-0.2, -0.15) is 15.3 Å². The molecule has 0 spiro atoms. The van der Waals surface area contributed by atoms with Gasteiger partial charge in [0.1, 0.15) is 5.60 Å². The SMILES string of the molecule is CC(=O)c1cnn2ccc(Br)cc12.CC(=O)c1cnn2ccc(N)cc12.CC(=O)c1cnn2ccc(NC(=O)OC(C)(C)C)cc12. The van der Waals surface area contributed by atoms with Gasteiger partial charge < -0.3 is 10.5 Å². The fraction of sp³-hybridized carbons (Fsp3) is 0.219. The minimum Gasteiger partial charge on any atom is -0.444 e. The zero-order chi connectivity index (χ0) is 33.8. The zero-order valence-electron chi connectivity index (χ0n) is 26.1. The number of pyridine rings is 3. The van der Waals surface area contributed by atoms with Crippen LogP contribution in [-0.2, 0) is 4.74 Å². The lowest BCUT2D eigenvalue weighted by Gasteiger charge is -2.19. The minimum atomic E-state index is -0.560. The molecule has 0 unspecified atom stereocenters. The number of amides is 1. The highest BCUT2D eigenvalue weighted by atomic mass is 79.9. The Morgan fingerprint density at radius 2 is 1.15 bits per heavy atom. The van der Waals surface area contributed by atoms with E-state index in [0.717, 1.165) is 15.5 Å². The number of rotatable bonds is 4. The highest BCUT2D eigenvalue weighted by molar-refractivity contribution is 9.10. The Morgan fingerprint density at radius 1 is 0.717 bits per heavy atom. The number of fused-ring (bicyclic) bond motifs is 3. The Morgan fingerprint density at radius 3 is 1.63 bits per heavy atom. The molecule has 3 N–H and O–H groups in total. The van der Waals surface area contributed by atoms with Crippen LogP contribution in [0.3, 0.4) is 0 Å². The lowest BCUT2D eigenvalue weighted by atomic mass is 10.2. The van der Waals surface area contributed by atoms with Gasteiger partial charge in [-0.15, -0.1) is 0 Å². The number of halogens is 1. The molecule has 46 heavy (non-hydrogen) atoms. The first-order valence-corrected chi connectivity index (χ1v) is 14.8. The molecule has 6 heterocycles. The number of ketones is 3. The van der Waals surface area contributed by atoms with Crippen LogP contribution in [0.5, 0.6) is 0 Å². The monoisotopic (exact) mass is 688 g/mol. The van der Waals surface area contributed by atoms with E-state index in [9.17, 15) is 19.2 Å². The number of anilines is 2. The minimum absolute atomic E-state index is 0.000556. The van der Waals surface area contributed by atoms with Crippen LogP contribution in [0.15, 0.2) is 78.1 Å². The third-order valence-corrected chi connectivity index (χ3v) is 6.83. The smallest absolute Gasteiger partial charge is 0.412 e. The first-order chi connectivity index (χ1) is 21.6. The van der Waals surface area contributed by atoms with Crippen molar-refractivity contribution in [3.63, 3.8) is 0 Å². The van der Waals surface area contributed by atoms with Gasteiger partial charge in [-0.25, -0.2) is 18.3 Å². The number of ether oxygens (including phenoxy) is 1. The van der Waals surface area contributed by atoms with Gasteiger partial charge in [-0.05, 0) is 77.9 Å². The Hall–Kier alpha value is -5.37. The number of carbonyl (C=O) groups excluding carboxylic acids is 4. The second-order valence-corrected chi connectivity index (χ2v) is 12.1. The molecule has 238 valence electrons. The van der Waals surface area contributed by atoms with Crippen LogP contribution < -0.4 is 11.1 Å². The molecule has 0 aliphatic heterocycles. The maximum absolute atomic E-state index is 11.7. The number of nitrogens with two attached hydrogens (primary N) is 1. The average Bonchev–Trinajstić information content (AvgIpc) is 3.68. The van der Waals surface area contributed by atoms with Crippen molar-refractivity contribution in [1.82, 2.24) is 28.8 Å². The Kier molecular flexibility index (Phi) is 10.0. The van der Waals surface area contributed by atoms with E-state index in [4.69, 9.17) is 10.5 Å². The zero-order valence-corrected chi connectivity index (χ0v) is 27.7. The van der Waals surface area contributed by atoms with Crippen LogP contribution in [0, 0.1) is 0 Å². The number of Topliss-reactive ketones (excluding diaryl/α,β-unsaturated/α-hetero) is 3. The largest absolute Gasteiger partial charge is 0.444 e. The second-order valence-electron chi connectivity index (χ2n) is 11.2. The molecule has 0 atom stereocenters. The van der Waals surface area contributed by atoms with Crippen LogP contribution in [0.25, 0.3) is 16.6 Å². The molecule has 0 aliphatic carbocycles. The van der Waals surface area contributed by atoms with Gasteiger partial charge in [0, 0.05) is 34.4 Å². The Balaban J connectivity index is 0.000000162. The Labute approximate surface area is 272 Å². The van der Waals surface area contributed by atoms with Crippen molar-refractivity contribution >= 4 is 67.3 Å². The highest BCUT2D eigenvalue weighted by Crippen LogP contribution is 2.19. The van der Waals surface area contributed by atoms with Crippen LogP contribution in [0.1, 0.15) is 72.6 Å². The van der Waals surface area contributed by atoms with Crippen LogP contribution in [0.4, 0.5) is 16.2 Å². The molecule has 0 aliphatic rings. The van der Waals surface area contributed by atoms with Gasteiger partial charge in [0.05, 0.1) is 51.8 Å². The normalized spacial score (nSPS) is 10.9. The molecule has 0 saturated heterocycles. The molecular formula is C32H33BrN8O5. The third-order valence-electron chi connectivity index (χ3n) is 6.33. The molecule has 0 aromatic carbocycles. The van der Waals surface area contributed by atoms with Crippen molar-refractivity contribution in [1.29, 1.82) is 0 Å². The number of aromatic nitrogens is 6. The summed E-state index contributed by atoms with van der Waals surface area (Å²) in [5.74, 6) is -0.0388. The van der Waals surface area contributed by atoms with E-state index in [0.29, 0.717) is 33.6 Å². The van der Waals surface area contributed by atoms with Crippen molar-refractivity contribution in [3.05, 3.63) is 94.7 Å². The molecule has 0 bridgehead atoms. The first kappa shape index (κ1) is 33.5. The third kappa shape index (κ3) is 8.21. The molecule has 0 radical (unpaired) electrons. The highest BCUT2D eigenvalue weighted by Gasteiger charge is 2.17. The average molecular weight is 690 g/mol. The van der Waals surface area contributed by atoms with E-state index in [-0.39, 0.29) is 17.3 Å². The van der Waals surface area contributed by atoms with Gasteiger partial charge in [-0.1, -0.05) is 15.9 Å². The number of hydrogen-bond acceptors (Lipinski definition) is 9. The molecular weight excluding hydrogens is 656 g/mol. The predicted octanol–water partition coefficient (Wildman–Crippen LogP) is 6.30. The van der Waals surface area contributed by atoms with Gasteiger partial charge in [0.25, 0.3) is 0 Å². The van der Waals surface area contributed by atoms with E-state index in [1.807, 2.05) is 18.3 Å². The number of nitrogen functional groups attached to an aromatic ring is 1. The number of nitrogens with one attached hydrogen (secondary N) is 1.